The van der Waals surface area contributed by atoms with Crippen molar-refractivity contribution in [1.29, 1.82) is 0 Å². The summed E-state index contributed by atoms with van der Waals surface area (Å²) in [6, 6.07) is 0. The zero-order valence-electron chi connectivity index (χ0n) is 92.4. The first-order chi connectivity index (χ1) is 61.3. The molecule has 0 unspecified atom stereocenters. The molecule has 0 spiro atoms. The summed E-state index contributed by atoms with van der Waals surface area (Å²) in [7, 11) is 0. The maximum absolute atomic E-state index is 2.30. The minimum atomic E-state index is 1.37. The maximum Gasteiger partial charge on any atom is -0.0533 e. The molecule has 0 atom stereocenters. The fourth-order valence-corrected chi connectivity index (χ4v) is 17.4. The van der Waals surface area contributed by atoms with Gasteiger partial charge in [0.25, 0.3) is 0 Å². The molecule has 0 aliphatic heterocycles. The van der Waals surface area contributed by atoms with E-state index in [2.05, 4.69) is 111 Å². The van der Waals surface area contributed by atoms with Gasteiger partial charge in [-0.05, 0) is 0 Å². The van der Waals surface area contributed by atoms with E-state index in [9.17, 15) is 0 Å². The summed E-state index contributed by atoms with van der Waals surface area (Å²) in [5.41, 5.74) is 0. The molecule has 0 heterocycles. The topological polar surface area (TPSA) is 0 Å². The summed E-state index contributed by atoms with van der Waals surface area (Å²) < 4.78 is 0. The summed E-state index contributed by atoms with van der Waals surface area (Å²) in [4.78, 5) is 0. The molecule has 0 rings (SSSR count). The van der Waals surface area contributed by atoms with E-state index in [0.29, 0.717) is 0 Å². The van der Waals surface area contributed by atoms with Crippen LogP contribution in [0, 0.1) is 0 Å². The summed E-state index contributed by atoms with van der Waals surface area (Å²) >= 11 is 0. The first-order valence-corrected chi connectivity index (χ1v) is 61.3. The van der Waals surface area contributed by atoms with Gasteiger partial charge in [0.2, 0.25) is 0 Å². The Morgan fingerprint density at radius 2 is 0.0645 bits per heavy atom. The van der Waals surface area contributed by atoms with Crippen molar-refractivity contribution in [2.75, 3.05) is 0 Å². The predicted molar refractivity (Wildman–Crippen MR) is 589 cm³/mol. The van der Waals surface area contributed by atoms with Gasteiger partial charge in [-0.1, -0.05) is 804 Å². The highest BCUT2D eigenvalue weighted by atomic mass is 14.1. The zero-order valence-corrected chi connectivity index (χ0v) is 92.4. The molecule has 0 amide bonds. The van der Waals surface area contributed by atoms with E-state index in [1.807, 2.05) is 0 Å². The van der Waals surface area contributed by atoms with Gasteiger partial charge in [-0.2, -0.15) is 0 Å². The number of hydrogen-bond acceptors (Lipinski definition) is 0. The first kappa shape index (κ1) is 139. The van der Waals surface area contributed by atoms with Gasteiger partial charge in [0.05, 0.1) is 0 Å². The molecule has 0 aliphatic rings. The molecule has 0 aromatic carbocycles. The normalized spacial score (nSPS) is 10.8. The smallest absolute Gasteiger partial charge is 0.0533 e. The van der Waals surface area contributed by atoms with Gasteiger partial charge in [0.1, 0.15) is 0 Å². The molecule has 0 aliphatic carbocycles. The molecule has 0 aromatic heterocycles. The molecule has 0 fully saturated rings. The largest absolute Gasteiger partial charge is 0.0654 e. The Balaban J connectivity index is -0.000000207. The SMILES string of the molecule is CCCCCCCCCCCC.CCCCCCCCCCCCC.CCCCCCCCCCCCCC.CCCCCCCCCCCCCCC.CCCCCCCCCCCCCCCC.CCCCCCCCCCCCCCCCC.CCCCCCCCCCCCCCCCCC.CCCCCCCCCCCCCCCCCCC. The summed E-state index contributed by atoms with van der Waals surface area (Å²) in [6.07, 6.45) is 157. The molecular formula is C124H264. The molecule has 0 nitrogen and oxygen atoms in total. The van der Waals surface area contributed by atoms with Crippen LogP contribution in [0.3, 0.4) is 0 Å². The van der Waals surface area contributed by atoms with E-state index in [-0.39, 0.29) is 0 Å². The lowest BCUT2D eigenvalue weighted by Crippen LogP contribution is -1.83. The molecule has 0 radical (unpaired) electrons. The van der Waals surface area contributed by atoms with Crippen LogP contribution in [0.15, 0.2) is 0 Å². The fourth-order valence-electron chi connectivity index (χ4n) is 17.4. The lowest BCUT2D eigenvalue weighted by molar-refractivity contribution is 0.529. The number of hydrogen-bond donors (Lipinski definition) is 0. The molecule has 0 heteroatoms. The third-order valence-corrected chi connectivity index (χ3v) is 26.7. The third kappa shape index (κ3) is 179. The molecule has 760 valence electrons. The molecule has 0 saturated heterocycles. The van der Waals surface area contributed by atoms with E-state index < -0.39 is 0 Å². The van der Waals surface area contributed by atoms with E-state index in [0.717, 1.165) is 0 Å². The minimum Gasteiger partial charge on any atom is -0.0654 e. The Morgan fingerprint density at radius 1 is 0.0403 bits per heavy atom. The van der Waals surface area contributed by atoms with Crippen molar-refractivity contribution in [2.45, 2.75) is 804 Å². The molecule has 0 bridgehead atoms. The minimum absolute atomic E-state index is 1.37. The fraction of sp³-hybridized carbons (Fsp3) is 1.00. The van der Waals surface area contributed by atoms with Crippen LogP contribution in [0.4, 0.5) is 0 Å². The van der Waals surface area contributed by atoms with Gasteiger partial charge >= 0.3 is 0 Å². The second-order valence-electron chi connectivity index (χ2n) is 40.5. The van der Waals surface area contributed by atoms with Gasteiger partial charge in [0, 0.05) is 0 Å². The Hall–Kier alpha value is 0. The Bertz CT molecular complexity index is 1360. The van der Waals surface area contributed by atoms with Crippen molar-refractivity contribution in [1.82, 2.24) is 0 Å². The quantitative estimate of drug-likeness (QED) is 0.0533. The van der Waals surface area contributed by atoms with Crippen molar-refractivity contribution < 1.29 is 0 Å². The van der Waals surface area contributed by atoms with Crippen molar-refractivity contribution in [2.24, 2.45) is 0 Å². The van der Waals surface area contributed by atoms with Crippen LogP contribution < -0.4 is 0 Å². The lowest BCUT2D eigenvalue weighted by Gasteiger charge is -2.03. The van der Waals surface area contributed by atoms with E-state index in [4.69, 9.17) is 0 Å². The highest BCUT2D eigenvalue weighted by Crippen LogP contribution is 2.22. The zero-order chi connectivity index (χ0) is 92.4. The monoisotopic (exact) mass is 1750 g/mol. The van der Waals surface area contributed by atoms with Gasteiger partial charge in [-0.3, -0.25) is 0 Å². The Morgan fingerprint density at radius 3 is 0.0887 bits per heavy atom. The van der Waals surface area contributed by atoms with Gasteiger partial charge in [-0.15, -0.1) is 0 Å². The maximum atomic E-state index is 2.30. The predicted octanol–water partition coefficient (Wildman–Crippen LogP) is 50.3. The summed E-state index contributed by atoms with van der Waals surface area (Å²) in [5, 5.41) is 0. The molecular weight excluding hydrogens is 1490 g/mol. The second kappa shape index (κ2) is 157. The van der Waals surface area contributed by atoms with E-state index >= 15 is 0 Å². The van der Waals surface area contributed by atoms with E-state index in [1.54, 1.807) is 0 Å². The molecule has 124 heavy (non-hydrogen) atoms. The average Bonchev–Trinajstić information content (AvgIpc) is 1.22. The van der Waals surface area contributed by atoms with Crippen molar-refractivity contribution in [3.63, 3.8) is 0 Å². The van der Waals surface area contributed by atoms with Crippen LogP contribution in [0.25, 0.3) is 0 Å². The van der Waals surface area contributed by atoms with E-state index in [1.165, 1.54) is 693 Å². The van der Waals surface area contributed by atoms with Crippen molar-refractivity contribution >= 4 is 0 Å². The van der Waals surface area contributed by atoms with Gasteiger partial charge in [0.15, 0.2) is 0 Å². The number of rotatable bonds is 100. The standard InChI is InChI=1S/C19H40.C18H38.C17H36.C16H34.C15H32.C14H30.C13H28.C12H26/c1-3-5-7-9-11-13-15-17-19-18-16-14-12-10-8-6-4-2;1-3-5-7-9-11-13-15-17-18-16-14-12-10-8-6-4-2;1-3-5-7-9-11-13-15-17-16-14-12-10-8-6-4-2;1-3-5-7-9-11-13-15-16-14-12-10-8-6-4-2;1-3-5-7-9-11-13-15-14-12-10-8-6-4-2;1-3-5-7-9-11-13-14-12-10-8-6-4-2;1-3-5-7-9-11-13-12-10-8-6-4-2;1-3-5-7-9-11-12-10-8-6-4-2/h3-19H2,1-2H3;3-18H2,1-2H3;3-17H2,1-2H3;3-16H2,1-2H3;3-15H2,1-2H3;3-14H2,1-2H3;3-13H2,1-2H3;3-12H2,1-2H3. The van der Waals surface area contributed by atoms with Crippen LogP contribution in [0.2, 0.25) is 0 Å². The molecule has 0 aromatic rings. The molecule has 0 saturated carbocycles. The third-order valence-electron chi connectivity index (χ3n) is 26.7. The van der Waals surface area contributed by atoms with Crippen molar-refractivity contribution in [3.8, 4) is 0 Å². The number of unbranched alkanes of at least 4 members (excludes halogenated alkanes) is 100. The van der Waals surface area contributed by atoms with Gasteiger partial charge in [-0.25, -0.2) is 0 Å². The second-order valence-corrected chi connectivity index (χ2v) is 40.5. The average molecular weight is 1760 g/mol. The van der Waals surface area contributed by atoms with Crippen LogP contribution in [-0.4, -0.2) is 0 Å². The van der Waals surface area contributed by atoms with Crippen LogP contribution in [0.5, 0.6) is 0 Å². The van der Waals surface area contributed by atoms with Gasteiger partial charge < -0.3 is 0 Å². The van der Waals surface area contributed by atoms with Crippen molar-refractivity contribution in [3.05, 3.63) is 0 Å². The first-order valence-electron chi connectivity index (χ1n) is 61.3. The van der Waals surface area contributed by atoms with Crippen LogP contribution in [-0.2, 0) is 0 Å². The Kier molecular flexibility index (Phi) is 176. The van der Waals surface area contributed by atoms with Crippen LogP contribution >= 0.6 is 0 Å². The highest BCUT2D eigenvalue weighted by Gasteiger charge is 2.02. The summed E-state index contributed by atoms with van der Waals surface area (Å²) in [6.45, 7) is 36.6. The highest BCUT2D eigenvalue weighted by molar-refractivity contribution is 4.57. The molecule has 0 N–H and O–H groups in total. The van der Waals surface area contributed by atoms with Crippen LogP contribution in [0.1, 0.15) is 804 Å². The Labute approximate surface area is 799 Å². The summed E-state index contributed by atoms with van der Waals surface area (Å²) in [5.74, 6) is 0. The lowest BCUT2D eigenvalue weighted by atomic mass is 10.0.